The third kappa shape index (κ3) is 8.05. The van der Waals surface area contributed by atoms with Gasteiger partial charge >= 0.3 is 12.1 Å². The number of amides is 2. The lowest BCUT2D eigenvalue weighted by Gasteiger charge is -2.31. The van der Waals surface area contributed by atoms with Gasteiger partial charge in [0.15, 0.2) is 0 Å². The molecule has 8 nitrogen and oxygen atoms in total. The lowest BCUT2D eigenvalue weighted by Crippen LogP contribution is -2.53. The zero-order chi connectivity index (χ0) is 20.4. The third-order valence-electron chi connectivity index (χ3n) is 3.39. The van der Waals surface area contributed by atoms with Crippen molar-refractivity contribution in [2.45, 2.75) is 31.7 Å². The Kier molecular flexibility index (Phi) is 8.69. The van der Waals surface area contributed by atoms with Gasteiger partial charge in [-0.2, -0.15) is 13.2 Å². The van der Waals surface area contributed by atoms with Crippen LogP contribution in [0.15, 0.2) is 30.3 Å². The van der Waals surface area contributed by atoms with Gasteiger partial charge in [0.25, 0.3) is 5.91 Å². The van der Waals surface area contributed by atoms with Gasteiger partial charge in [0.1, 0.15) is 12.6 Å². The summed E-state index contributed by atoms with van der Waals surface area (Å²) in [6.45, 7) is 0.763. The first-order valence-electron chi connectivity index (χ1n) is 7.93. The van der Waals surface area contributed by atoms with Crippen LogP contribution in [0.2, 0.25) is 0 Å². The minimum Gasteiger partial charge on any atom is -0.475 e. The lowest BCUT2D eigenvalue weighted by atomic mass is 10.1. The standard InChI is InChI=1S/C14H19N3O3.C2HF3O2/c15-9-13(18)16-12-7-4-8-17(14(12)19)20-10-11-5-2-1-3-6-11;3-2(4,5)1(6)7/h1-3,5-6,12H,4,7-10,15H2,(H,16,18);(H,6,7)/t12-;/m0./s1. The van der Waals surface area contributed by atoms with Crippen LogP contribution < -0.4 is 11.1 Å². The van der Waals surface area contributed by atoms with Gasteiger partial charge in [0, 0.05) is 6.54 Å². The van der Waals surface area contributed by atoms with Gasteiger partial charge in [-0.15, -0.1) is 0 Å². The molecule has 1 aliphatic rings. The van der Waals surface area contributed by atoms with Crippen molar-refractivity contribution in [2.75, 3.05) is 13.1 Å². The van der Waals surface area contributed by atoms with E-state index < -0.39 is 18.2 Å². The van der Waals surface area contributed by atoms with Gasteiger partial charge < -0.3 is 16.2 Å². The summed E-state index contributed by atoms with van der Waals surface area (Å²) in [6.07, 6.45) is -3.67. The molecule has 1 heterocycles. The Morgan fingerprint density at radius 1 is 1.30 bits per heavy atom. The molecule has 2 amide bonds. The van der Waals surface area contributed by atoms with E-state index in [1.165, 1.54) is 5.06 Å². The summed E-state index contributed by atoms with van der Waals surface area (Å²) < 4.78 is 31.7. The summed E-state index contributed by atoms with van der Waals surface area (Å²) >= 11 is 0. The molecule has 0 bridgehead atoms. The average molecular weight is 391 g/mol. The predicted molar refractivity (Wildman–Crippen MR) is 86.9 cm³/mol. The van der Waals surface area contributed by atoms with Gasteiger partial charge in [-0.25, -0.2) is 9.86 Å². The number of alkyl halides is 3. The van der Waals surface area contributed by atoms with Gasteiger partial charge in [0.05, 0.1) is 6.54 Å². The molecule has 2 rings (SSSR count). The van der Waals surface area contributed by atoms with E-state index in [-0.39, 0.29) is 18.4 Å². The van der Waals surface area contributed by atoms with Crippen LogP contribution in [0.4, 0.5) is 13.2 Å². The fraction of sp³-hybridized carbons (Fsp3) is 0.438. The number of carboxylic acid groups (broad SMARTS) is 1. The molecule has 0 aliphatic carbocycles. The molecular formula is C16H20F3N3O5. The van der Waals surface area contributed by atoms with Gasteiger partial charge in [-0.1, -0.05) is 30.3 Å². The first-order valence-corrected chi connectivity index (χ1v) is 7.93. The van der Waals surface area contributed by atoms with Crippen molar-refractivity contribution in [3.63, 3.8) is 0 Å². The van der Waals surface area contributed by atoms with Crippen molar-refractivity contribution < 1.29 is 37.5 Å². The van der Waals surface area contributed by atoms with Crippen molar-refractivity contribution in [3.05, 3.63) is 35.9 Å². The highest BCUT2D eigenvalue weighted by molar-refractivity contribution is 5.88. The topological polar surface area (TPSA) is 122 Å². The van der Waals surface area contributed by atoms with Gasteiger partial charge in [-0.3, -0.25) is 14.4 Å². The van der Waals surface area contributed by atoms with Crippen LogP contribution in [0.5, 0.6) is 0 Å². The summed E-state index contributed by atoms with van der Waals surface area (Å²) in [5.74, 6) is -3.30. The van der Waals surface area contributed by atoms with Crippen LogP contribution in [0, 0.1) is 0 Å². The van der Waals surface area contributed by atoms with Crippen molar-refractivity contribution in [2.24, 2.45) is 5.73 Å². The smallest absolute Gasteiger partial charge is 0.475 e. The van der Waals surface area contributed by atoms with E-state index in [4.69, 9.17) is 20.5 Å². The number of nitrogens with two attached hydrogens (primary N) is 1. The number of piperidine rings is 1. The first-order chi connectivity index (χ1) is 12.6. The summed E-state index contributed by atoms with van der Waals surface area (Å²) in [7, 11) is 0. The predicted octanol–water partition coefficient (Wildman–Crippen LogP) is 0.817. The second-order valence-corrected chi connectivity index (χ2v) is 5.47. The van der Waals surface area contributed by atoms with E-state index in [9.17, 15) is 22.8 Å². The molecule has 1 fully saturated rings. The Morgan fingerprint density at radius 2 is 1.89 bits per heavy atom. The molecular weight excluding hydrogens is 371 g/mol. The minimum absolute atomic E-state index is 0.116. The maximum atomic E-state index is 12.1. The molecule has 0 unspecified atom stereocenters. The molecule has 0 aromatic heterocycles. The van der Waals surface area contributed by atoms with Crippen LogP contribution in [-0.2, 0) is 25.8 Å². The number of carbonyl (C=O) groups excluding carboxylic acids is 2. The Morgan fingerprint density at radius 3 is 2.41 bits per heavy atom. The van der Waals surface area contributed by atoms with Gasteiger partial charge in [0.2, 0.25) is 5.91 Å². The first kappa shape index (κ1) is 22.4. The molecule has 4 N–H and O–H groups in total. The minimum atomic E-state index is -5.08. The van der Waals surface area contributed by atoms with Crippen molar-refractivity contribution in [1.82, 2.24) is 10.4 Å². The fourth-order valence-electron chi connectivity index (χ4n) is 2.09. The maximum absolute atomic E-state index is 12.1. The lowest BCUT2D eigenvalue weighted by molar-refractivity contribution is -0.199. The Hall–Kier alpha value is -2.66. The van der Waals surface area contributed by atoms with Gasteiger partial charge in [-0.05, 0) is 18.4 Å². The van der Waals surface area contributed by atoms with Crippen LogP contribution >= 0.6 is 0 Å². The van der Waals surface area contributed by atoms with Crippen LogP contribution in [0.1, 0.15) is 18.4 Å². The second-order valence-electron chi connectivity index (χ2n) is 5.47. The van der Waals surface area contributed by atoms with E-state index in [1.54, 1.807) is 0 Å². The normalized spacial score (nSPS) is 17.0. The molecule has 1 aromatic rings. The van der Waals surface area contributed by atoms with Crippen molar-refractivity contribution in [3.8, 4) is 0 Å². The molecule has 150 valence electrons. The quantitative estimate of drug-likeness (QED) is 0.683. The number of carboxylic acids is 1. The zero-order valence-corrected chi connectivity index (χ0v) is 14.2. The molecule has 1 aliphatic heterocycles. The number of nitrogens with one attached hydrogen (secondary N) is 1. The largest absolute Gasteiger partial charge is 0.490 e. The maximum Gasteiger partial charge on any atom is 0.490 e. The zero-order valence-electron chi connectivity index (χ0n) is 14.2. The Bertz CT molecular complexity index is 640. The number of hydrogen-bond acceptors (Lipinski definition) is 5. The number of benzene rings is 1. The number of hydrogen-bond donors (Lipinski definition) is 3. The highest BCUT2D eigenvalue weighted by atomic mass is 19.4. The number of carbonyl (C=O) groups is 3. The molecule has 1 atom stereocenters. The van der Waals surface area contributed by atoms with E-state index in [2.05, 4.69) is 5.32 Å². The number of aliphatic carboxylic acids is 1. The third-order valence-corrected chi connectivity index (χ3v) is 3.39. The Balaban J connectivity index is 0.000000445. The van der Waals surface area contributed by atoms with E-state index in [1.807, 2.05) is 30.3 Å². The van der Waals surface area contributed by atoms with E-state index in [0.717, 1.165) is 12.0 Å². The highest BCUT2D eigenvalue weighted by Crippen LogP contribution is 2.14. The summed E-state index contributed by atoms with van der Waals surface area (Å²) in [6, 6.07) is 9.09. The fourth-order valence-corrected chi connectivity index (χ4v) is 2.09. The number of halogens is 3. The highest BCUT2D eigenvalue weighted by Gasteiger charge is 2.38. The molecule has 1 saturated heterocycles. The average Bonchev–Trinajstić information content (AvgIpc) is 2.63. The van der Waals surface area contributed by atoms with E-state index in [0.29, 0.717) is 19.6 Å². The SMILES string of the molecule is NCC(=O)N[C@H]1CCCN(OCc2ccccc2)C1=O.O=C(O)C(F)(F)F. The number of hydroxylamine groups is 2. The molecule has 0 saturated carbocycles. The molecule has 1 aromatic carbocycles. The number of nitrogens with zero attached hydrogens (tertiary/aromatic N) is 1. The van der Waals surface area contributed by atoms with Crippen LogP contribution in [0.3, 0.4) is 0 Å². The second kappa shape index (κ2) is 10.5. The molecule has 0 spiro atoms. The molecule has 0 radical (unpaired) electrons. The molecule has 27 heavy (non-hydrogen) atoms. The van der Waals surface area contributed by atoms with Crippen LogP contribution in [0.25, 0.3) is 0 Å². The van der Waals surface area contributed by atoms with Crippen molar-refractivity contribution in [1.29, 1.82) is 0 Å². The summed E-state index contributed by atoms with van der Waals surface area (Å²) in [5.41, 5.74) is 6.23. The number of rotatable bonds is 5. The van der Waals surface area contributed by atoms with Crippen molar-refractivity contribution >= 4 is 17.8 Å². The van der Waals surface area contributed by atoms with Crippen LogP contribution in [-0.4, -0.2) is 53.3 Å². The Labute approximate surface area is 153 Å². The molecule has 11 heteroatoms. The summed E-state index contributed by atoms with van der Waals surface area (Å²) in [5, 5.41) is 11.1. The monoisotopic (exact) mass is 391 g/mol. The van der Waals surface area contributed by atoms with E-state index >= 15 is 0 Å². The summed E-state index contributed by atoms with van der Waals surface area (Å²) in [4.78, 5) is 37.8.